The van der Waals surface area contributed by atoms with Gasteiger partial charge in [-0.1, -0.05) is 29.8 Å². The van der Waals surface area contributed by atoms with Crippen molar-refractivity contribution in [3.8, 4) is 0 Å². The second-order valence-corrected chi connectivity index (χ2v) is 5.25. The number of primary amides is 1. The van der Waals surface area contributed by atoms with Gasteiger partial charge in [0.1, 0.15) is 0 Å². The van der Waals surface area contributed by atoms with E-state index in [0.717, 1.165) is 11.1 Å². The van der Waals surface area contributed by atoms with E-state index >= 15 is 0 Å². The molecule has 0 aliphatic carbocycles. The van der Waals surface area contributed by atoms with Crippen molar-refractivity contribution >= 4 is 16.8 Å². The largest absolute Gasteiger partial charge is 0.366 e. The number of fused-ring (bicyclic) bond motifs is 1. The highest BCUT2D eigenvalue weighted by atomic mass is 16.1. The molecule has 22 heavy (non-hydrogen) atoms. The first-order valence-electron chi connectivity index (χ1n) is 6.91. The molecule has 2 aromatic heterocycles. The van der Waals surface area contributed by atoms with Gasteiger partial charge in [-0.25, -0.2) is 0 Å². The van der Waals surface area contributed by atoms with Gasteiger partial charge >= 0.3 is 0 Å². The van der Waals surface area contributed by atoms with Crippen molar-refractivity contribution in [3.05, 3.63) is 75.3 Å². The van der Waals surface area contributed by atoms with Gasteiger partial charge in [0.05, 0.1) is 22.2 Å². The number of aromatic nitrogens is 2. The summed E-state index contributed by atoms with van der Waals surface area (Å²) in [5.41, 5.74) is 8.76. The summed E-state index contributed by atoms with van der Waals surface area (Å²) in [4.78, 5) is 30.6. The zero-order valence-electron chi connectivity index (χ0n) is 12.1. The Labute approximate surface area is 126 Å². The van der Waals surface area contributed by atoms with Crippen LogP contribution in [0.1, 0.15) is 27.2 Å². The minimum Gasteiger partial charge on any atom is -0.366 e. The predicted molar refractivity (Wildman–Crippen MR) is 84.9 cm³/mol. The van der Waals surface area contributed by atoms with Gasteiger partial charge in [0.15, 0.2) is 0 Å². The van der Waals surface area contributed by atoms with Crippen molar-refractivity contribution in [1.82, 2.24) is 9.97 Å². The monoisotopic (exact) mass is 293 g/mol. The van der Waals surface area contributed by atoms with Crippen molar-refractivity contribution in [1.29, 1.82) is 0 Å². The lowest BCUT2D eigenvalue weighted by atomic mass is 10.0. The van der Waals surface area contributed by atoms with E-state index in [2.05, 4.69) is 9.97 Å². The van der Waals surface area contributed by atoms with Crippen LogP contribution < -0.4 is 11.3 Å². The molecule has 0 unspecified atom stereocenters. The number of aryl methyl sites for hydroxylation is 1. The highest BCUT2D eigenvalue weighted by molar-refractivity contribution is 5.97. The maximum Gasteiger partial charge on any atom is 0.257 e. The van der Waals surface area contributed by atoms with E-state index in [-0.39, 0.29) is 11.1 Å². The van der Waals surface area contributed by atoms with E-state index in [4.69, 9.17) is 5.73 Å². The number of nitrogens with two attached hydrogens (primary N) is 1. The normalized spacial score (nSPS) is 10.8. The van der Waals surface area contributed by atoms with Crippen LogP contribution >= 0.6 is 0 Å². The predicted octanol–water partition coefficient (Wildman–Crippen LogP) is 1.92. The van der Waals surface area contributed by atoms with Crippen molar-refractivity contribution < 1.29 is 4.79 Å². The molecule has 0 bridgehead atoms. The molecule has 2 heterocycles. The zero-order valence-corrected chi connectivity index (χ0v) is 12.1. The number of aromatic amines is 1. The van der Waals surface area contributed by atoms with Gasteiger partial charge in [-0.05, 0) is 24.6 Å². The molecular formula is C17H15N3O2. The van der Waals surface area contributed by atoms with Crippen LogP contribution in [0.15, 0.2) is 47.4 Å². The van der Waals surface area contributed by atoms with Gasteiger partial charge in [-0.3, -0.25) is 14.6 Å². The minimum atomic E-state index is -0.583. The Bertz CT molecular complexity index is 929. The van der Waals surface area contributed by atoms with Crippen LogP contribution in [-0.2, 0) is 6.42 Å². The first kappa shape index (κ1) is 14.0. The number of pyridine rings is 2. The summed E-state index contributed by atoms with van der Waals surface area (Å²) in [7, 11) is 0. The number of rotatable bonds is 3. The van der Waals surface area contributed by atoms with Gasteiger partial charge in [-0.2, -0.15) is 0 Å². The maximum atomic E-state index is 11.8. The average Bonchev–Trinajstić information content (AvgIpc) is 2.47. The number of nitrogens with one attached hydrogen (secondary N) is 1. The Morgan fingerprint density at radius 3 is 2.82 bits per heavy atom. The fourth-order valence-corrected chi connectivity index (χ4v) is 2.51. The second kappa shape index (κ2) is 5.44. The SMILES string of the molecule is Cc1cccc(Cc2nc3cc[nH]c(=O)c3cc2C(N)=O)c1. The molecule has 0 spiro atoms. The summed E-state index contributed by atoms with van der Waals surface area (Å²) in [6.07, 6.45) is 2.03. The van der Waals surface area contributed by atoms with Gasteiger partial charge in [-0.15, -0.1) is 0 Å². The Balaban J connectivity index is 2.17. The number of hydrogen-bond acceptors (Lipinski definition) is 3. The van der Waals surface area contributed by atoms with Crippen LogP contribution in [0.4, 0.5) is 0 Å². The molecule has 5 nitrogen and oxygen atoms in total. The summed E-state index contributed by atoms with van der Waals surface area (Å²) in [6, 6.07) is 11.2. The third kappa shape index (κ3) is 2.61. The third-order valence-corrected chi connectivity index (χ3v) is 3.55. The van der Waals surface area contributed by atoms with Gasteiger partial charge < -0.3 is 10.7 Å². The van der Waals surface area contributed by atoms with Gasteiger partial charge in [0, 0.05) is 12.6 Å². The highest BCUT2D eigenvalue weighted by Crippen LogP contribution is 2.17. The number of carbonyl (C=O) groups excluding carboxylic acids is 1. The van der Waals surface area contributed by atoms with E-state index < -0.39 is 5.91 Å². The van der Waals surface area contributed by atoms with E-state index in [1.165, 1.54) is 12.3 Å². The molecule has 1 aromatic carbocycles. The van der Waals surface area contributed by atoms with Gasteiger partial charge in [0.25, 0.3) is 11.5 Å². The Morgan fingerprint density at radius 1 is 1.27 bits per heavy atom. The molecule has 1 amide bonds. The first-order chi connectivity index (χ1) is 10.5. The summed E-state index contributed by atoms with van der Waals surface area (Å²) >= 11 is 0. The van der Waals surface area contributed by atoms with Crippen LogP contribution in [0, 0.1) is 6.92 Å². The number of amides is 1. The molecule has 0 atom stereocenters. The lowest BCUT2D eigenvalue weighted by Gasteiger charge is -2.08. The quantitative estimate of drug-likeness (QED) is 0.773. The smallest absolute Gasteiger partial charge is 0.257 e. The fourth-order valence-electron chi connectivity index (χ4n) is 2.51. The van der Waals surface area contributed by atoms with Crippen LogP contribution in [0.2, 0.25) is 0 Å². The summed E-state index contributed by atoms with van der Waals surface area (Å²) < 4.78 is 0. The summed E-state index contributed by atoms with van der Waals surface area (Å²) in [5.74, 6) is -0.583. The molecule has 0 aliphatic rings. The summed E-state index contributed by atoms with van der Waals surface area (Å²) in [6.45, 7) is 2.01. The Hall–Kier alpha value is -2.95. The fraction of sp³-hybridized carbons (Fsp3) is 0.118. The Morgan fingerprint density at radius 2 is 2.09 bits per heavy atom. The van der Waals surface area contributed by atoms with Crippen LogP contribution in [0.25, 0.3) is 10.9 Å². The average molecular weight is 293 g/mol. The molecule has 3 aromatic rings. The minimum absolute atomic E-state index is 0.283. The van der Waals surface area contributed by atoms with Crippen LogP contribution in [0.5, 0.6) is 0 Å². The van der Waals surface area contributed by atoms with Crippen LogP contribution in [0.3, 0.4) is 0 Å². The van der Waals surface area contributed by atoms with Crippen LogP contribution in [-0.4, -0.2) is 15.9 Å². The lowest BCUT2D eigenvalue weighted by molar-refractivity contribution is 0.0999. The standard InChI is InChI=1S/C17H15N3O2/c1-10-3-2-4-11(7-10)8-15-12(16(18)21)9-13-14(20-15)5-6-19-17(13)22/h2-7,9H,8H2,1H3,(H2,18,21)(H,19,22). The van der Waals surface area contributed by atoms with Crippen molar-refractivity contribution in [2.45, 2.75) is 13.3 Å². The molecule has 3 N–H and O–H groups in total. The molecule has 110 valence electrons. The molecule has 0 saturated heterocycles. The van der Waals surface area contributed by atoms with Crippen molar-refractivity contribution in [2.24, 2.45) is 5.73 Å². The summed E-state index contributed by atoms with van der Waals surface area (Å²) in [5, 5.41) is 0.365. The number of nitrogens with zero attached hydrogens (tertiary/aromatic N) is 1. The Kier molecular flexibility index (Phi) is 3.47. The highest BCUT2D eigenvalue weighted by Gasteiger charge is 2.13. The topological polar surface area (TPSA) is 88.8 Å². The van der Waals surface area contributed by atoms with Crippen molar-refractivity contribution in [2.75, 3.05) is 0 Å². The number of hydrogen-bond donors (Lipinski definition) is 2. The second-order valence-electron chi connectivity index (χ2n) is 5.25. The van der Waals surface area contributed by atoms with Crippen molar-refractivity contribution in [3.63, 3.8) is 0 Å². The van der Waals surface area contributed by atoms with E-state index in [9.17, 15) is 9.59 Å². The molecule has 3 rings (SSSR count). The lowest BCUT2D eigenvalue weighted by Crippen LogP contribution is -2.17. The molecule has 0 fully saturated rings. The molecular weight excluding hydrogens is 278 g/mol. The third-order valence-electron chi connectivity index (χ3n) is 3.55. The van der Waals surface area contributed by atoms with E-state index in [1.807, 2.05) is 31.2 Å². The zero-order chi connectivity index (χ0) is 15.7. The number of carbonyl (C=O) groups is 1. The number of benzene rings is 1. The van der Waals surface area contributed by atoms with Gasteiger partial charge in [0.2, 0.25) is 0 Å². The maximum absolute atomic E-state index is 11.8. The first-order valence-corrected chi connectivity index (χ1v) is 6.91. The molecule has 0 saturated carbocycles. The number of H-pyrrole nitrogens is 1. The molecule has 0 aliphatic heterocycles. The molecule has 5 heteroatoms. The molecule has 0 radical (unpaired) electrons. The van der Waals surface area contributed by atoms with E-state index in [0.29, 0.717) is 23.0 Å². The van der Waals surface area contributed by atoms with E-state index in [1.54, 1.807) is 6.07 Å².